The van der Waals surface area contributed by atoms with E-state index in [2.05, 4.69) is 108 Å². The zero-order valence-electron chi connectivity index (χ0n) is 12.3. The molecule has 0 bridgehead atoms. The third-order valence-corrected chi connectivity index (χ3v) is 6.91. The molecule has 0 aliphatic rings. The van der Waals surface area contributed by atoms with Crippen LogP contribution in [0.25, 0.3) is 0 Å². The van der Waals surface area contributed by atoms with Crippen LogP contribution in [0.1, 0.15) is 5.56 Å². The minimum Gasteiger partial charge on any atom is -0.0622 e. The molecule has 2 heteroatoms. The fourth-order valence-electron chi connectivity index (χ4n) is 2.52. The largest absolute Gasteiger partial charge is 0.0622 e. The third-order valence-electron chi connectivity index (χ3n) is 3.67. The molecule has 3 aromatic rings. The maximum absolute atomic E-state index is 2.36. The molecule has 3 aromatic carbocycles. The van der Waals surface area contributed by atoms with Crippen LogP contribution in [0.2, 0.25) is 0 Å². The quantitative estimate of drug-likeness (QED) is 0.407. The third kappa shape index (κ3) is 4.18. The van der Waals surface area contributed by atoms with Crippen molar-refractivity contribution in [2.45, 2.75) is 6.42 Å². The van der Waals surface area contributed by atoms with Crippen molar-refractivity contribution >= 4 is 41.1 Å². The molecule has 0 aliphatic carbocycles. The average Bonchev–Trinajstić information content (AvgIpc) is 2.59. The average molecular weight is 416 g/mol. The predicted octanol–water partition coefficient (Wildman–Crippen LogP) is 4.97. The van der Waals surface area contributed by atoms with Gasteiger partial charge in [0, 0.05) is 3.57 Å². The van der Waals surface area contributed by atoms with Crippen molar-refractivity contribution in [1.29, 1.82) is 0 Å². The van der Waals surface area contributed by atoms with Crippen LogP contribution in [-0.2, 0) is 6.42 Å². The first-order chi connectivity index (χ1) is 10.8. The molecule has 0 nitrogen and oxygen atoms in total. The van der Waals surface area contributed by atoms with Crippen molar-refractivity contribution in [3.63, 3.8) is 0 Å². The normalized spacial score (nSPS) is 10.8. The SMILES string of the molecule is Ic1ccc(CCP(c2ccccc2)c2ccccc2)cc1. The van der Waals surface area contributed by atoms with E-state index in [-0.39, 0.29) is 7.92 Å². The predicted molar refractivity (Wildman–Crippen MR) is 107 cm³/mol. The van der Waals surface area contributed by atoms with Gasteiger partial charge in [-0.1, -0.05) is 72.8 Å². The fraction of sp³-hybridized carbons (Fsp3) is 0.100. The standard InChI is InChI=1S/C20H18IP/c21-18-13-11-17(12-14-18)15-16-22(19-7-3-1-4-8-19)20-9-5-2-6-10-20/h1-14H,15-16H2. The van der Waals surface area contributed by atoms with E-state index < -0.39 is 0 Å². The van der Waals surface area contributed by atoms with Crippen molar-refractivity contribution in [2.75, 3.05) is 6.16 Å². The Morgan fingerprint density at radius 3 is 1.64 bits per heavy atom. The summed E-state index contributed by atoms with van der Waals surface area (Å²) >= 11 is 2.36. The lowest BCUT2D eigenvalue weighted by molar-refractivity contribution is 1.15. The van der Waals surface area contributed by atoms with Gasteiger partial charge < -0.3 is 0 Å². The molecule has 0 fully saturated rings. The van der Waals surface area contributed by atoms with Crippen molar-refractivity contribution in [3.8, 4) is 0 Å². The van der Waals surface area contributed by atoms with E-state index in [4.69, 9.17) is 0 Å². The summed E-state index contributed by atoms with van der Waals surface area (Å²) in [6, 6.07) is 30.8. The summed E-state index contributed by atoms with van der Waals surface area (Å²) in [5, 5.41) is 2.93. The summed E-state index contributed by atoms with van der Waals surface area (Å²) < 4.78 is 1.30. The molecule has 0 unspecified atom stereocenters. The van der Waals surface area contributed by atoms with Crippen LogP contribution in [0.15, 0.2) is 84.9 Å². The molecule has 0 heterocycles. The highest BCUT2D eigenvalue weighted by Gasteiger charge is 2.13. The Kier molecular flexibility index (Phi) is 5.64. The van der Waals surface area contributed by atoms with Gasteiger partial charge >= 0.3 is 0 Å². The molecule has 0 saturated heterocycles. The molecular formula is C20H18IP. The molecule has 22 heavy (non-hydrogen) atoms. The van der Waals surface area contributed by atoms with Crippen LogP contribution in [0, 0.1) is 3.57 Å². The minimum atomic E-state index is -0.284. The Balaban J connectivity index is 1.81. The van der Waals surface area contributed by atoms with Crippen molar-refractivity contribution in [3.05, 3.63) is 94.1 Å². The van der Waals surface area contributed by atoms with Crippen LogP contribution in [0.3, 0.4) is 0 Å². The Bertz CT molecular complexity index is 653. The molecule has 0 saturated carbocycles. The summed E-state index contributed by atoms with van der Waals surface area (Å²) in [7, 11) is -0.284. The van der Waals surface area contributed by atoms with E-state index in [0.717, 1.165) is 6.42 Å². The number of rotatable bonds is 5. The summed E-state index contributed by atoms with van der Waals surface area (Å²) in [5.74, 6) is 0. The van der Waals surface area contributed by atoms with Crippen LogP contribution >= 0.6 is 30.5 Å². The lowest BCUT2D eigenvalue weighted by Crippen LogP contribution is -2.14. The maximum Gasteiger partial charge on any atom is 0.0130 e. The second kappa shape index (κ2) is 7.89. The van der Waals surface area contributed by atoms with E-state index in [1.807, 2.05) is 0 Å². The highest BCUT2D eigenvalue weighted by atomic mass is 127. The number of halogens is 1. The van der Waals surface area contributed by atoms with Crippen molar-refractivity contribution in [2.24, 2.45) is 0 Å². The molecular weight excluding hydrogens is 398 g/mol. The van der Waals surface area contributed by atoms with Crippen molar-refractivity contribution < 1.29 is 0 Å². The molecule has 0 aromatic heterocycles. The molecule has 0 radical (unpaired) electrons. The van der Waals surface area contributed by atoms with Crippen LogP contribution in [0.5, 0.6) is 0 Å². The van der Waals surface area contributed by atoms with E-state index in [1.165, 1.54) is 25.9 Å². The fourth-order valence-corrected chi connectivity index (χ4v) is 5.24. The number of aryl methyl sites for hydroxylation is 1. The van der Waals surface area contributed by atoms with Gasteiger partial charge in [-0.2, -0.15) is 0 Å². The van der Waals surface area contributed by atoms with Gasteiger partial charge in [-0.3, -0.25) is 0 Å². The number of benzene rings is 3. The van der Waals surface area contributed by atoms with Crippen LogP contribution < -0.4 is 10.6 Å². The molecule has 0 aliphatic heterocycles. The lowest BCUT2D eigenvalue weighted by Gasteiger charge is -2.18. The molecule has 0 atom stereocenters. The van der Waals surface area contributed by atoms with Gasteiger partial charge in [0.1, 0.15) is 0 Å². The summed E-state index contributed by atoms with van der Waals surface area (Å²) in [5.41, 5.74) is 1.43. The van der Waals surface area contributed by atoms with Gasteiger partial charge in [0.05, 0.1) is 0 Å². The summed E-state index contributed by atoms with van der Waals surface area (Å²) in [4.78, 5) is 0. The van der Waals surface area contributed by atoms with Crippen LogP contribution in [0.4, 0.5) is 0 Å². The highest BCUT2D eigenvalue weighted by Crippen LogP contribution is 2.34. The monoisotopic (exact) mass is 416 g/mol. The second-order valence-electron chi connectivity index (χ2n) is 5.20. The first-order valence-electron chi connectivity index (χ1n) is 7.45. The second-order valence-corrected chi connectivity index (χ2v) is 8.78. The van der Waals surface area contributed by atoms with Gasteiger partial charge in [-0.15, -0.1) is 0 Å². The topological polar surface area (TPSA) is 0 Å². The molecule has 0 N–H and O–H groups in total. The van der Waals surface area contributed by atoms with Gasteiger partial charge in [-0.05, 0) is 71.4 Å². The van der Waals surface area contributed by atoms with Crippen molar-refractivity contribution in [1.82, 2.24) is 0 Å². The first-order valence-corrected chi connectivity index (χ1v) is 10.1. The van der Waals surface area contributed by atoms with Gasteiger partial charge in [0.25, 0.3) is 0 Å². The number of hydrogen-bond acceptors (Lipinski definition) is 0. The summed E-state index contributed by atoms with van der Waals surface area (Å²) in [6.07, 6.45) is 2.33. The smallest absolute Gasteiger partial charge is 0.0130 e. The zero-order valence-corrected chi connectivity index (χ0v) is 15.4. The Morgan fingerprint density at radius 1 is 0.636 bits per heavy atom. The van der Waals surface area contributed by atoms with E-state index in [1.54, 1.807) is 0 Å². The van der Waals surface area contributed by atoms with Crippen LogP contribution in [-0.4, -0.2) is 6.16 Å². The van der Waals surface area contributed by atoms with E-state index >= 15 is 0 Å². The minimum absolute atomic E-state index is 0.284. The highest BCUT2D eigenvalue weighted by molar-refractivity contribution is 14.1. The molecule has 110 valence electrons. The van der Waals surface area contributed by atoms with E-state index in [9.17, 15) is 0 Å². The Labute approximate surface area is 147 Å². The Morgan fingerprint density at radius 2 is 1.14 bits per heavy atom. The maximum atomic E-state index is 2.36. The molecule has 0 spiro atoms. The lowest BCUT2D eigenvalue weighted by atomic mass is 10.2. The Hall–Kier alpha value is -1.18. The molecule has 3 rings (SSSR count). The van der Waals surface area contributed by atoms with Gasteiger partial charge in [-0.25, -0.2) is 0 Å². The van der Waals surface area contributed by atoms with E-state index in [0.29, 0.717) is 0 Å². The van der Waals surface area contributed by atoms with Gasteiger partial charge in [0.15, 0.2) is 0 Å². The van der Waals surface area contributed by atoms with Gasteiger partial charge in [0.2, 0.25) is 0 Å². The zero-order chi connectivity index (χ0) is 15.2. The first kappa shape index (κ1) is 15.7. The number of hydrogen-bond donors (Lipinski definition) is 0. The summed E-state index contributed by atoms with van der Waals surface area (Å²) in [6.45, 7) is 0. The molecule has 0 amide bonds.